The fourth-order valence-corrected chi connectivity index (χ4v) is 8.13. The van der Waals surface area contributed by atoms with E-state index in [1.165, 1.54) is 44.1 Å². The van der Waals surface area contributed by atoms with Crippen molar-refractivity contribution in [2.75, 3.05) is 39.3 Å². The van der Waals surface area contributed by atoms with E-state index in [9.17, 15) is 9.18 Å². The van der Waals surface area contributed by atoms with Gasteiger partial charge in [0.1, 0.15) is 6.17 Å². The maximum atomic E-state index is 13.6. The highest BCUT2D eigenvalue weighted by Crippen LogP contribution is 2.54. The summed E-state index contributed by atoms with van der Waals surface area (Å²) in [5.74, 6) is 1.05. The molecule has 36 heavy (non-hydrogen) atoms. The van der Waals surface area contributed by atoms with Crippen molar-refractivity contribution in [3.63, 3.8) is 0 Å². The number of piperidine rings is 2. The second-order valence-corrected chi connectivity index (χ2v) is 13.2. The van der Waals surface area contributed by atoms with E-state index in [2.05, 4.69) is 26.8 Å². The van der Waals surface area contributed by atoms with Gasteiger partial charge in [0.2, 0.25) is 5.91 Å². The third kappa shape index (κ3) is 4.72. The lowest BCUT2D eigenvalue weighted by Crippen LogP contribution is -2.62. The maximum Gasteiger partial charge on any atom is 0.223 e. The molecule has 0 bridgehead atoms. The van der Waals surface area contributed by atoms with Gasteiger partial charge >= 0.3 is 0 Å². The second kappa shape index (κ2) is 10.0. The van der Waals surface area contributed by atoms with E-state index in [0.29, 0.717) is 47.2 Å². The molecule has 3 heterocycles. The van der Waals surface area contributed by atoms with Gasteiger partial charge in [-0.25, -0.2) is 4.39 Å². The highest BCUT2D eigenvalue weighted by Gasteiger charge is 2.55. The lowest BCUT2D eigenvalue weighted by atomic mass is 9.69. The lowest BCUT2D eigenvalue weighted by molar-refractivity contribution is -0.145. The lowest BCUT2D eigenvalue weighted by Gasteiger charge is -2.52. The van der Waals surface area contributed by atoms with Crippen LogP contribution in [0.15, 0.2) is 18.2 Å². The Bertz CT molecular complexity index is 967. The zero-order valence-electron chi connectivity index (χ0n) is 21.4. The quantitative estimate of drug-likeness (QED) is 0.423. The van der Waals surface area contributed by atoms with E-state index in [1.54, 1.807) is 0 Å². The molecule has 3 aliphatic heterocycles. The van der Waals surface area contributed by atoms with E-state index in [0.717, 1.165) is 52.1 Å². The molecule has 2 aliphatic carbocycles. The Labute approximate surface area is 225 Å². The van der Waals surface area contributed by atoms with Crippen LogP contribution in [0.5, 0.6) is 0 Å². The van der Waals surface area contributed by atoms with Gasteiger partial charge in [-0.15, -0.1) is 0 Å². The summed E-state index contributed by atoms with van der Waals surface area (Å²) < 4.78 is 13.6. The molecular formula is C29H40Cl2FN3O. The number of carbonyl (C=O) groups excluding carboxylic acids is 1. The minimum absolute atomic E-state index is 0.0867. The molecule has 0 radical (unpaired) electrons. The summed E-state index contributed by atoms with van der Waals surface area (Å²) in [4.78, 5) is 20.8. The molecule has 4 nitrogen and oxygen atoms in total. The highest BCUT2D eigenvalue weighted by molar-refractivity contribution is 6.42. The largest absolute Gasteiger partial charge is 0.336 e. The molecule has 0 spiro atoms. The summed E-state index contributed by atoms with van der Waals surface area (Å²) >= 11 is 12.9. The van der Waals surface area contributed by atoms with E-state index >= 15 is 0 Å². The fraction of sp³-hybridized carbons (Fsp3) is 0.759. The average molecular weight is 537 g/mol. The van der Waals surface area contributed by atoms with Crippen molar-refractivity contribution in [1.82, 2.24) is 14.7 Å². The van der Waals surface area contributed by atoms with Crippen LogP contribution in [-0.2, 0) is 10.2 Å². The molecular weight excluding hydrogens is 496 g/mol. The summed E-state index contributed by atoms with van der Waals surface area (Å²) in [5.41, 5.74) is 1.23. The predicted molar refractivity (Wildman–Crippen MR) is 144 cm³/mol. The molecule has 0 N–H and O–H groups in total. The van der Waals surface area contributed by atoms with Crippen molar-refractivity contribution in [2.45, 2.75) is 93.8 Å². The third-order valence-corrected chi connectivity index (χ3v) is 11.0. The van der Waals surface area contributed by atoms with Crippen molar-refractivity contribution in [2.24, 2.45) is 5.92 Å². The van der Waals surface area contributed by atoms with E-state index in [1.807, 2.05) is 6.07 Å². The number of amides is 1. The molecule has 5 fully saturated rings. The summed E-state index contributed by atoms with van der Waals surface area (Å²) in [7, 11) is 0. The minimum atomic E-state index is -0.612. The molecule has 0 unspecified atom stereocenters. The maximum absolute atomic E-state index is 13.6. The number of alkyl halides is 1. The number of nitrogens with zero attached hydrogens (tertiary/aromatic N) is 3. The van der Waals surface area contributed by atoms with Crippen molar-refractivity contribution < 1.29 is 9.18 Å². The van der Waals surface area contributed by atoms with Crippen molar-refractivity contribution in [3.05, 3.63) is 33.8 Å². The normalized spacial score (nSPS) is 30.6. The molecule has 0 aromatic heterocycles. The zero-order chi connectivity index (χ0) is 24.9. The van der Waals surface area contributed by atoms with Gasteiger partial charge in [-0.1, -0.05) is 42.1 Å². The first-order valence-corrected chi connectivity index (χ1v) is 15.0. The number of likely N-dealkylation sites (tertiary alicyclic amines) is 3. The number of hydrogen-bond acceptors (Lipinski definition) is 3. The minimum Gasteiger partial charge on any atom is -0.336 e. The Kier molecular flexibility index (Phi) is 7.07. The summed E-state index contributed by atoms with van der Waals surface area (Å²) in [5, 5.41) is 1.20. The van der Waals surface area contributed by atoms with Crippen LogP contribution in [0.1, 0.15) is 76.2 Å². The number of rotatable bonds is 7. The van der Waals surface area contributed by atoms with Crippen LogP contribution >= 0.6 is 23.2 Å². The van der Waals surface area contributed by atoms with Crippen LogP contribution in [-0.4, -0.2) is 77.6 Å². The highest BCUT2D eigenvalue weighted by atomic mass is 35.5. The standard InChI is InChI=1S/C29H40Cl2FN3O/c30-25-6-5-22(17-26(25)31)28(13-16-33-18-24(19-33)34-14-8-23(32)9-15-34)12-7-27(36)35(20-28)29(21-3-4-21)10-1-2-11-29/h5-6,17,21,23-24H,1-4,7-16,18-20H2/t28-/m1/s1. The second-order valence-electron chi connectivity index (χ2n) is 12.3. The van der Waals surface area contributed by atoms with Crippen molar-refractivity contribution >= 4 is 29.1 Å². The number of carbonyl (C=O) groups is 1. The monoisotopic (exact) mass is 535 g/mol. The smallest absolute Gasteiger partial charge is 0.223 e. The van der Waals surface area contributed by atoms with Crippen LogP contribution < -0.4 is 0 Å². The molecule has 2 saturated carbocycles. The molecule has 6 rings (SSSR count). The summed E-state index contributed by atoms with van der Waals surface area (Å²) in [6, 6.07) is 6.72. The molecule has 7 heteroatoms. The fourth-order valence-electron chi connectivity index (χ4n) is 7.83. The Morgan fingerprint density at radius 2 is 1.69 bits per heavy atom. The van der Waals surface area contributed by atoms with Crippen LogP contribution in [0, 0.1) is 5.92 Å². The topological polar surface area (TPSA) is 26.8 Å². The SMILES string of the molecule is O=C1CC[C@](CCN2CC(N3CCC(F)CC3)C2)(c2ccc(Cl)c(Cl)c2)CN1C1(C2CC2)CCCC1. The van der Waals surface area contributed by atoms with Crippen molar-refractivity contribution in [1.29, 1.82) is 0 Å². The number of hydrogen-bond donors (Lipinski definition) is 0. The van der Waals surface area contributed by atoms with Gasteiger partial charge < -0.3 is 9.80 Å². The molecule has 3 saturated heterocycles. The first-order valence-electron chi connectivity index (χ1n) is 14.3. The van der Waals surface area contributed by atoms with Gasteiger partial charge in [0.25, 0.3) is 0 Å². The first-order chi connectivity index (χ1) is 17.4. The molecule has 1 atom stereocenters. The molecule has 1 amide bonds. The van der Waals surface area contributed by atoms with Gasteiger partial charge in [0.05, 0.1) is 10.0 Å². The zero-order valence-corrected chi connectivity index (χ0v) is 22.9. The summed E-state index contributed by atoms with van der Waals surface area (Å²) in [6.07, 6.45) is 10.7. The van der Waals surface area contributed by atoms with Crippen LogP contribution in [0.2, 0.25) is 10.0 Å². The van der Waals surface area contributed by atoms with E-state index < -0.39 is 6.17 Å². The Morgan fingerprint density at radius 3 is 2.36 bits per heavy atom. The van der Waals surface area contributed by atoms with Gasteiger partial charge in [-0.05, 0) is 81.5 Å². The third-order valence-electron chi connectivity index (χ3n) is 10.3. The Morgan fingerprint density at radius 1 is 0.972 bits per heavy atom. The molecule has 198 valence electrons. The Hall–Kier alpha value is -0.880. The van der Waals surface area contributed by atoms with Crippen LogP contribution in [0.4, 0.5) is 4.39 Å². The van der Waals surface area contributed by atoms with Crippen LogP contribution in [0.3, 0.4) is 0 Å². The number of benzene rings is 1. The van der Waals surface area contributed by atoms with Gasteiger partial charge in [-0.3, -0.25) is 9.69 Å². The van der Waals surface area contributed by atoms with Gasteiger partial charge in [0.15, 0.2) is 0 Å². The number of halogens is 3. The molecule has 5 aliphatic rings. The molecule has 1 aromatic carbocycles. The summed E-state index contributed by atoms with van der Waals surface area (Å²) in [6.45, 7) is 5.77. The predicted octanol–water partition coefficient (Wildman–Crippen LogP) is 6.08. The van der Waals surface area contributed by atoms with Gasteiger partial charge in [-0.2, -0.15) is 0 Å². The first kappa shape index (κ1) is 25.4. The van der Waals surface area contributed by atoms with E-state index in [-0.39, 0.29) is 11.0 Å². The van der Waals surface area contributed by atoms with Crippen molar-refractivity contribution in [3.8, 4) is 0 Å². The van der Waals surface area contributed by atoms with Crippen LogP contribution in [0.25, 0.3) is 0 Å². The molecule has 1 aromatic rings. The van der Waals surface area contributed by atoms with E-state index in [4.69, 9.17) is 23.2 Å². The Balaban J connectivity index is 1.20. The average Bonchev–Trinajstić information content (AvgIpc) is 3.60. The van der Waals surface area contributed by atoms with Gasteiger partial charge in [0, 0.05) is 56.1 Å².